The molecule has 0 aliphatic carbocycles. The van der Waals surface area contributed by atoms with Crippen molar-refractivity contribution in [1.29, 1.82) is 0 Å². The summed E-state index contributed by atoms with van der Waals surface area (Å²) in [5, 5.41) is 0. The molecule has 336 valence electrons. The van der Waals surface area contributed by atoms with E-state index < -0.39 is 26.5 Å². The molecule has 0 amide bonds. The Bertz CT molecular complexity index is 1030. The molecule has 0 rings (SSSR count). The fourth-order valence-corrected chi connectivity index (χ4v) is 7.27. The van der Waals surface area contributed by atoms with Crippen molar-refractivity contribution in [2.24, 2.45) is 0 Å². The van der Waals surface area contributed by atoms with E-state index >= 15 is 0 Å². The number of hydrogen-bond donors (Lipinski definition) is 1. The first-order valence-electron chi connectivity index (χ1n) is 23.6. The molecule has 0 aromatic carbocycles. The number of carbonyl (C=O) groups is 2. The summed E-state index contributed by atoms with van der Waals surface area (Å²) in [6.45, 7) is 4.40. The monoisotopic (exact) mass is 829 g/mol. The zero-order chi connectivity index (χ0) is 42.1. The van der Waals surface area contributed by atoms with E-state index in [2.05, 4.69) is 38.2 Å². The Balaban J connectivity index is 4.36. The van der Waals surface area contributed by atoms with Crippen LogP contribution in [0.4, 0.5) is 0 Å². The van der Waals surface area contributed by atoms with Crippen molar-refractivity contribution in [3.05, 3.63) is 24.3 Å². The normalized spacial score (nSPS) is 13.7. The highest BCUT2D eigenvalue weighted by Gasteiger charge is 2.27. The first-order valence-corrected chi connectivity index (χ1v) is 25.1. The van der Waals surface area contributed by atoms with Crippen molar-refractivity contribution in [1.82, 2.24) is 0 Å². The Morgan fingerprint density at radius 2 is 0.965 bits per heavy atom. The van der Waals surface area contributed by atoms with Crippen molar-refractivity contribution in [2.75, 3.05) is 47.5 Å². The number of hydrogen-bond acceptors (Lipinski definition) is 7. The van der Waals surface area contributed by atoms with Gasteiger partial charge in [0.1, 0.15) is 19.8 Å². The number of ether oxygens (including phenoxy) is 2. The number of rotatable bonds is 43. The summed E-state index contributed by atoms with van der Waals surface area (Å²) in [4.78, 5) is 35.4. The molecule has 10 heteroatoms. The minimum absolute atomic E-state index is 0.0264. The molecule has 2 atom stereocenters. The van der Waals surface area contributed by atoms with Gasteiger partial charge in [-0.1, -0.05) is 186 Å². The average molecular weight is 829 g/mol. The van der Waals surface area contributed by atoms with Gasteiger partial charge in [-0.05, 0) is 38.5 Å². The standard InChI is InChI=1S/C47H90NO8P/c1-6-8-10-12-14-16-18-20-22-24-26-28-30-32-34-36-38-40-47(50)56-45(44-55-57(51,52)54-42-41-48(3,4)5)43-53-46(49)39-37-35-33-31-29-27-25-23-21-19-17-15-13-11-9-7-2/h26,28,32,34,45H,6-25,27,29-31,33,35-44H2,1-5H3/p+1/b28-26+,34-32+/t45-/m1/s1. The molecule has 0 saturated heterocycles. The van der Waals surface area contributed by atoms with Crippen LogP contribution in [0.5, 0.6) is 0 Å². The Labute approximate surface area is 351 Å². The topological polar surface area (TPSA) is 108 Å². The molecule has 0 radical (unpaired) electrons. The summed E-state index contributed by atoms with van der Waals surface area (Å²) < 4.78 is 34.3. The molecule has 0 aliphatic rings. The van der Waals surface area contributed by atoms with E-state index in [4.69, 9.17) is 18.5 Å². The molecule has 1 unspecified atom stereocenters. The second-order valence-electron chi connectivity index (χ2n) is 17.1. The van der Waals surface area contributed by atoms with E-state index in [1.165, 1.54) is 141 Å². The second-order valence-corrected chi connectivity index (χ2v) is 18.6. The largest absolute Gasteiger partial charge is 0.472 e. The predicted octanol–water partition coefficient (Wildman–Crippen LogP) is 13.5. The third-order valence-corrected chi connectivity index (χ3v) is 11.2. The Morgan fingerprint density at radius 3 is 1.44 bits per heavy atom. The second kappa shape index (κ2) is 39.9. The van der Waals surface area contributed by atoms with Crippen LogP contribution in [0.2, 0.25) is 0 Å². The van der Waals surface area contributed by atoms with E-state index in [0.717, 1.165) is 38.5 Å². The van der Waals surface area contributed by atoms with E-state index in [1.54, 1.807) is 0 Å². The maximum atomic E-state index is 12.7. The third-order valence-electron chi connectivity index (χ3n) is 10.2. The third kappa shape index (κ3) is 43.9. The number of unbranched alkanes of at least 4 members (excludes halogenated alkanes) is 25. The fourth-order valence-electron chi connectivity index (χ4n) is 6.52. The fraction of sp³-hybridized carbons (Fsp3) is 0.872. The van der Waals surface area contributed by atoms with Gasteiger partial charge in [-0.25, -0.2) is 4.57 Å². The smallest absolute Gasteiger partial charge is 0.462 e. The summed E-state index contributed by atoms with van der Waals surface area (Å²) in [6.07, 6.45) is 43.8. The highest BCUT2D eigenvalue weighted by atomic mass is 31.2. The summed E-state index contributed by atoms with van der Waals surface area (Å²) in [7, 11) is 1.46. The molecule has 0 aromatic rings. The molecule has 57 heavy (non-hydrogen) atoms. The average Bonchev–Trinajstić information content (AvgIpc) is 3.16. The molecule has 0 heterocycles. The molecule has 0 bridgehead atoms. The Hall–Kier alpha value is -1.51. The number of esters is 2. The quantitative estimate of drug-likeness (QED) is 0.0213. The number of nitrogens with zero attached hydrogens (tertiary/aromatic N) is 1. The van der Waals surface area contributed by atoms with Gasteiger partial charge >= 0.3 is 19.8 Å². The van der Waals surface area contributed by atoms with Crippen LogP contribution in [0, 0.1) is 0 Å². The van der Waals surface area contributed by atoms with Gasteiger partial charge in [0.2, 0.25) is 0 Å². The zero-order valence-electron chi connectivity index (χ0n) is 37.8. The van der Waals surface area contributed by atoms with Crippen molar-refractivity contribution < 1.29 is 42.1 Å². The van der Waals surface area contributed by atoms with Crippen LogP contribution < -0.4 is 0 Å². The molecule has 1 N–H and O–H groups in total. The number of phosphoric acid groups is 1. The van der Waals surface area contributed by atoms with Gasteiger partial charge in [0.05, 0.1) is 27.7 Å². The van der Waals surface area contributed by atoms with Crippen molar-refractivity contribution in [2.45, 2.75) is 219 Å². The van der Waals surface area contributed by atoms with Crippen LogP contribution in [0.3, 0.4) is 0 Å². The van der Waals surface area contributed by atoms with Crippen LogP contribution in [-0.4, -0.2) is 74.9 Å². The minimum atomic E-state index is -4.38. The van der Waals surface area contributed by atoms with Crippen LogP contribution in [-0.2, 0) is 32.7 Å². The SMILES string of the molecule is CCCCCCCCCCC/C=C/C/C=C/CCCC(=O)O[C@H](COC(=O)CCCCCCCCCCCCCCCCCC)COP(=O)(O)OCC[N+](C)(C)C. The first-order chi connectivity index (χ1) is 27.5. The van der Waals surface area contributed by atoms with E-state index in [9.17, 15) is 19.0 Å². The highest BCUT2D eigenvalue weighted by molar-refractivity contribution is 7.47. The van der Waals surface area contributed by atoms with Gasteiger partial charge in [0.25, 0.3) is 0 Å². The molecule has 9 nitrogen and oxygen atoms in total. The van der Waals surface area contributed by atoms with Crippen molar-refractivity contribution in [3.63, 3.8) is 0 Å². The van der Waals surface area contributed by atoms with Gasteiger partial charge in [-0.15, -0.1) is 0 Å². The Kier molecular flexibility index (Phi) is 38.9. The van der Waals surface area contributed by atoms with E-state index in [0.29, 0.717) is 17.4 Å². The van der Waals surface area contributed by atoms with Gasteiger partial charge < -0.3 is 18.9 Å². The summed E-state index contributed by atoms with van der Waals surface area (Å²) in [6, 6.07) is 0. The van der Waals surface area contributed by atoms with E-state index in [-0.39, 0.29) is 32.0 Å². The molecule has 0 fully saturated rings. The van der Waals surface area contributed by atoms with Gasteiger partial charge in [-0.3, -0.25) is 18.6 Å². The van der Waals surface area contributed by atoms with Crippen LogP contribution in [0.1, 0.15) is 213 Å². The lowest BCUT2D eigenvalue weighted by molar-refractivity contribution is -0.870. The maximum Gasteiger partial charge on any atom is 0.472 e. The van der Waals surface area contributed by atoms with Gasteiger partial charge in [-0.2, -0.15) is 0 Å². The van der Waals surface area contributed by atoms with Crippen LogP contribution >= 0.6 is 7.82 Å². The van der Waals surface area contributed by atoms with Gasteiger partial charge in [0.15, 0.2) is 6.10 Å². The number of quaternary nitrogens is 1. The molecular weight excluding hydrogens is 737 g/mol. The first kappa shape index (κ1) is 55.5. The van der Waals surface area contributed by atoms with Crippen molar-refractivity contribution in [3.8, 4) is 0 Å². The zero-order valence-corrected chi connectivity index (χ0v) is 38.7. The highest BCUT2D eigenvalue weighted by Crippen LogP contribution is 2.43. The number of carbonyl (C=O) groups excluding carboxylic acids is 2. The number of phosphoric ester groups is 1. The maximum absolute atomic E-state index is 12.7. The van der Waals surface area contributed by atoms with Crippen LogP contribution in [0.15, 0.2) is 24.3 Å². The van der Waals surface area contributed by atoms with Crippen LogP contribution in [0.25, 0.3) is 0 Å². The summed E-state index contributed by atoms with van der Waals surface area (Å²) in [5.41, 5.74) is 0. The minimum Gasteiger partial charge on any atom is -0.462 e. The van der Waals surface area contributed by atoms with Crippen molar-refractivity contribution >= 4 is 19.8 Å². The molecule has 0 spiro atoms. The molecule has 0 aliphatic heterocycles. The lowest BCUT2D eigenvalue weighted by atomic mass is 10.0. The van der Waals surface area contributed by atoms with E-state index in [1.807, 2.05) is 21.1 Å². The van der Waals surface area contributed by atoms with Gasteiger partial charge in [0, 0.05) is 12.8 Å². The molecule has 0 saturated carbocycles. The molecular formula is C47H91NO8P+. The summed E-state index contributed by atoms with van der Waals surface area (Å²) >= 11 is 0. The predicted molar refractivity (Wildman–Crippen MR) is 238 cm³/mol. The number of allylic oxidation sites excluding steroid dienone is 4. The molecule has 0 aromatic heterocycles. The summed E-state index contributed by atoms with van der Waals surface area (Å²) in [5.74, 6) is -0.842. The number of likely N-dealkylation sites (N-methyl/N-ethyl adjacent to an activating group) is 1. The lowest BCUT2D eigenvalue weighted by Gasteiger charge is -2.24. The lowest BCUT2D eigenvalue weighted by Crippen LogP contribution is -2.37. The Morgan fingerprint density at radius 1 is 0.544 bits per heavy atom.